The van der Waals surface area contributed by atoms with Crippen LogP contribution in [-0.2, 0) is 28.4 Å². The Morgan fingerprint density at radius 3 is 1.54 bits per heavy atom. The van der Waals surface area contributed by atoms with Crippen LogP contribution in [0, 0.1) is 5.92 Å². The first kappa shape index (κ1) is 45.6. The van der Waals surface area contributed by atoms with E-state index in [0.717, 1.165) is 19.3 Å². The molecule has 9 atom stereocenters. The molecule has 0 spiro atoms. The summed E-state index contributed by atoms with van der Waals surface area (Å²) in [5.74, 6) is -0.203. The van der Waals surface area contributed by atoms with Gasteiger partial charge in [0.25, 0.3) is 0 Å². The van der Waals surface area contributed by atoms with Gasteiger partial charge in [0.1, 0.15) is 0 Å². The van der Waals surface area contributed by atoms with E-state index in [-0.39, 0.29) is 31.8 Å². The fourth-order valence-electron chi connectivity index (χ4n) is 5.50. The molecular weight excluding hydrogens is 588 g/mol. The monoisotopic (exact) mass is 665 g/mol. The van der Waals surface area contributed by atoms with Crippen molar-refractivity contribution in [1.82, 2.24) is 0 Å². The Balaban J connectivity index is 6.17. The summed E-state index contributed by atoms with van der Waals surface area (Å²) in [6.07, 6.45) is 4.54. The van der Waals surface area contributed by atoms with Gasteiger partial charge in [-0.15, -0.1) is 0 Å². The topological polar surface area (TPSA) is 116 Å². The van der Waals surface area contributed by atoms with Gasteiger partial charge in [0.05, 0.1) is 79.9 Å². The van der Waals surface area contributed by atoms with E-state index in [1.165, 1.54) is 0 Å². The lowest BCUT2D eigenvalue weighted by Crippen LogP contribution is -2.50. The molecule has 0 fully saturated rings. The molecule has 0 aromatic carbocycles. The number of hydrogen-bond donors (Lipinski definition) is 3. The van der Waals surface area contributed by atoms with Crippen molar-refractivity contribution >= 4 is 0 Å². The molecule has 0 saturated carbocycles. The average Bonchev–Trinajstić information content (AvgIpc) is 3.04. The van der Waals surface area contributed by atoms with E-state index in [1.807, 2.05) is 27.7 Å². The van der Waals surface area contributed by atoms with Crippen molar-refractivity contribution in [2.24, 2.45) is 5.92 Å². The SMILES string of the molecule is CCCOC(C)(CC)CC(CO)OC(C)(CC)C(COC(C)(CC)CC(O)COCC)COC(C)(CC)CC(O)COC(C)CC. The molecular formula is C37H76O9. The fraction of sp³-hybridized carbons (Fsp3) is 1.00. The minimum absolute atomic E-state index is 0.0914. The van der Waals surface area contributed by atoms with Crippen LogP contribution in [0.25, 0.3) is 0 Å². The third-order valence-electron chi connectivity index (χ3n) is 10.0. The summed E-state index contributed by atoms with van der Waals surface area (Å²) in [4.78, 5) is 0. The summed E-state index contributed by atoms with van der Waals surface area (Å²) in [6, 6.07) is 0. The second-order valence-electron chi connectivity index (χ2n) is 14.3. The van der Waals surface area contributed by atoms with Gasteiger partial charge in [0, 0.05) is 38.4 Å². The maximum absolute atomic E-state index is 10.8. The quantitative estimate of drug-likeness (QED) is 0.0758. The molecule has 9 unspecified atom stereocenters. The van der Waals surface area contributed by atoms with Gasteiger partial charge in [0.15, 0.2) is 0 Å². The molecule has 0 saturated heterocycles. The number of aliphatic hydroxyl groups excluding tert-OH is 3. The molecule has 3 N–H and O–H groups in total. The minimum Gasteiger partial charge on any atom is -0.394 e. The second kappa shape index (κ2) is 23.1. The molecule has 0 aliphatic carbocycles. The molecule has 0 bridgehead atoms. The Morgan fingerprint density at radius 1 is 0.630 bits per heavy atom. The van der Waals surface area contributed by atoms with Crippen LogP contribution >= 0.6 is 0 Å². The first-order valence-corrected chi connectivity index (χ1v) is 18.3. The van der Waals surface area contributed by atoms with Crippen LogP contribution in [0.2, 0.25) is 0 Å². The Bertz CT molecular complexity index is 756. The highest BCUT2D eigenvalue weighted by molar-refractivity contribution is 4.90. The van der Waals surface area contributed by atoms with Gasteiger partial charge < -0.3 is 43.7 Å². The smallest absolute Gasteiger partial charge is 0.0840 e. The third-order valence-corrected chi connectivity index (χ3v) is 10.0. The Labute approximate surface area is 283 Å². The number of aliphatic hydroxyl groups is 3. The lowest BCUT2D eigenvalue weighted by Gasteiger charge is -2.44. The first-order chi connectivity index (χ1) is 21.6. The number of hydrogen-bond acceptors (Lipinski definition) is 9. The van der Waals surface area contributed by atoms with Crippen molar-refractivity contribution in [2.45, 2.75) is 188 Å². The summed E-state index contributed by atoms with van der Waals surface area (Å²) < 4.78 is 37.7. The minimum atomic E-state index is -0.696. The van der Waals surface area contributed by atoms with Gasteiger partial charge in [0.2, 0.25) is 0 Å². The van der Waals surface area contributed by atoms with Crippen molar-refractivity contribution in [3.05, 3.63) is 0 Å². The molecule has 0 aromatic rings. The number of rotatable bonds is 30. The molecule has 278 valence electrons. The molecule has 0 radical (unpaired) electrons. The highest BCUT2D eigenvalue weighted by Gasteiger charge is 2.41. The van der Waals surface area contributed by atoms with Gasteiger partial charge in [-0.1, -0.05) is 41.5 Å². The maximum atomic E-state index is 10.8. The maximum Gasteiger partial charge on any atom is 0.0840 e. The zero-order valence-corrected chi connectivity index (χ0v) is 32.0. The van der Waals surface area contributed by atoms with Crippen molar-refractivity contribution in [3.63, 3.8) is 0 Å². The van der Waals surface area contributed by atoms with E-state index in [4.69, 9.17) is 28.4 Å². The van der Waals surface area contributed by atoms with E-state index in [9.17, 15) is 15.3 Å². The predicted molar refractivity (Wildman–Crippen MR) is 186 cm³/mol. The highest BCUT2D eigenvalue weighted by atomic mass is 16.5. The molecule has 0 aliphatic rings. The predicted octanol–water partition coefficient (Wildman–Crippen LogP) is 6.86. The van der Waals surface area contributed by atoms with E-state index < -0.39 is 40.7 Å². The lowest BCUT2D eigenvalue weighted by atomic mass is 9.85. The highest BCUT2D eigenvalue weighted by Crippen LogP contribution is 2.35. The normalized spacial score (nSPS) is 20.9. The molecule has 0 rings (SSSR count). The van der Waals surface area contributed by atoms with Crippen LogP contribution in [0.15, 0.2) is 0 Å². The van der Waals surface area contributed by atoms with Crippen LogP contribution in [0.3, 0.4) is 0 Å². The molecule has 0 heterocycles. The third kappa shape index (κ3) is 17.3. The average molecular weight is 665 g/mol. The van der Waals surface area contributed by atoms with Crippen LogP contribution in [0.4, 0.5) is 0 Å². The van der Waals surface area contributed by atoms with Gasteiger partial charge >= 0.3 is 0 Å². The van der Waals surface area contributed by atoms with E-state index in [1.54, 1.807) is 0 Å². The summed E-state index contributed by atoms with van der Waals surface area (Å²) in [5.41, 5.74) is -2.27. The zero-order chi connectivity index (χ0) is 35.4. The van der Waals surface area contributed by atoms with Crippen LogP contribution < -0.4 is 0 Å². The second-order valence-corrected chi connectivity index (χ2v) is 14.3. The van der Waals surface area contributed by atoms with Gasteiger partial charge in [-0.05, 0) is 80.1 Å². The zero-order valence-electron chi connectivity index (χ0n) is 32.0. The van der Waals surface area contributed by atoms with Gasteiger partial charge in [-0.25, -0.2) is 0 Å². The number of ether oxygens (including phenoxy) is 6. The lowest BCUT2D eigenvalue weighted by molar-refractivity contribution is -0.199. The molecule has 9 heteroatoms. The standard InChI is InChI=1S/C37H76O9/c1-13-20-43-36(11,17-5)23-33(24-38)46-37(12,18-6)30(25-44-34(9,15-3)21-31(39)27-41-19-7)26-45-35(10,16-4)22-32(40)28-42-29(8)14-2/h29-33,38-40H,13-28H2,1-12H3. The molecule has 46 heavy (non-hydrogen) atoms. The summed E-state index contributed by atoms with van der Waals surface area (Å²) >= 11 is 0. The Kier molecular flexibility index (Phi) is 22.9. The van der Waals surface area contributed by atoms with Crippen LogP contribution in [0.1, 0.15) is 141 Å². The van der Waals surface area contributed by atoms with Crippen LogP contribution in [-0.4, -0.2) is 108 Å². The van der Waals surface area contributed by atoms with Crippen LogP contribution in [0.5, 0.6) is 0 Å². The van der Waals surface area contributed by atoms with Crippen molar-refractivity contribution < 1.29 is 43.7 Å². The van der Waals surface area contributed by atoms with Crippen molar-refractivity contribution in [1.29, 1.82) is 0 Å². The Hall–Kier alpha value is -0.360. The summed E-state index contributed by atoms with van der Waals surface area (Å²) in [5, 5.41) is 32.0. The fourth-order valence-corrected chi connectivity index (χ4v) is 5.50. The summed E-state index contributed by atoms with van der Waals surface area (Å²) in [6.45, 7) is 26.9. The molecule has 0 aliphatic heterocycles. The van der Waals surface area contributed by atoms with E-state index in [0.29, 0.717) is 65.0 Å². The van der Waals surface area contributed by atoms with E-state index >= 15 is 0 Å². The molecule has 9 nitrogen and oxygen atoms in total. The van der Waals surface area contributed by atoms with Crippen molar-refractivity contribution in [3.8, 4) is 0 Å². The van der Waals surface area contributed by atoms with E-state index in [2.05, 4.69) is 55.4 Å². The Morgan fingerprint density at radius 2 is 1.13 bits per heavy atom. The van der Waals surface area contributed by atoms with Gasteiger partial charge in [-0.3, -0.25) is 0 Å². The van der Waals surface area contributed by atoms with Crippen molar-refractivity contribution in [2.75, 3.05) is 46.2 Å². The van der Waals surface area contributed by atoms with Gasteiger partial charge in [-0.2, -0.15) is 0 Å². The largest absolute Gasteiger partial charge is 0.394 e. The molecule has 0 aromatic heterocycles. The first-order valence-electron chi connectivity index (χ1n) is 18.3. The molecule has 0 amide bonds. The summed E-state index contributed by atoms with van der Waals surface area (Å²) in [7, 11) is 0.